The molecular formula is C25H29N3O3S2. The third-order valence-electron chi connectivity index (χ3n) is 5.78. The van der Waals surface area contributed by atoms with Gasteiger partial charge in [-0.3, -0.25) is 0 Å². The summed E-state index contributed by atoms with van der Waals surface area (Å²) in [5.41, 5.74) is 5.30. The van der Waals surface area contributed by atoms with Crippen molar-refractivity contribution in [1.82, 2.24) is 13.9 Å². The molecular weight excluding hydrogens is 454 g/mol. The number of benzene rings is 2. The van der Waals surface area contributed by atoms with Crippen molar-refractivity contribution < 1.29 is 12.8 Å². The molecule has 0 radical (unpaired) electrons. The van der Waals surface area contributed by atoms with Crippen molar-refractivity contribution in [1.29, 1.82) is 0 Å². The Hall–Kier alpha value is -2.55. The summed E-state index contributed by atoms with van der Waals surface area (Å²) < 4.78 is 35.2. The van der Waals surface area contributed by atoms with Crippen LogP contribution >= 0.6 is 11.8 Å². The highest BCUT2D eigenvalue weighted by Crippen LogP contribution is 2.30. The monoisotopic (exact) mass is 483 g/mol. The van der Waals surface area contributed by atoms with Gasteiger partial charge in [-0.1, -0.05) is 49.4 Å². The van der Waals surface area contributed by atoms with Crippen molar-refractivity contribution in [3.63, 3.8) is 0 Å². The van der Waals surface area contributed by atoms with Crippen molar-refractivity contribution in [2.24, 2.45) is 0 Å². The highest BCUT2D eigenvalue weighted by atomic mass is 32.2. The van der Waals surface area contributed by atoms with Gasteiger partial charge in [0.05, 0.1) is 28.7 Å². The van der Waals surface area contributed by atoms with Gasteiger partial charge in [0.1, 0.15) is 5.76 Å². The first-order chi connectivity index (χ1) is 15.8. The maximum atomic E-state index is 13.0. The molecule has 0 aliphatic rings. The van der Waals surface area contributed by atoms with E-state index < -0.39 is 10.0 Å². The van der Waals surface area contributed by atoms with E-state index in [-0.39, 0.29) is 4.90 Å². The Balaban J connectivity index is 1.73. The SMILES string of the molecule is CCN(CC)S(=O)(=O)c1ccc2c(c1)nc(SCc1ccc(C)cc1C)n2Cc1ccco1. The molecule has 174 valence electrons. The smallest absolute Gasteiger partial charge is 0.243 e. The summed E-state index contributed by atoms with van der Waals surface area (Å²) in [6.45, 7) is 9.30. The molecule has 2 aromatic heterocycles. The van der Waals surface area contributed by atoms with E-state index >= 15 is 0 Å². The molecule has 0 saturated heterocycles. The molecule has 8 heteroatoms. The highest BCUT2D eigenvalue weighted by molar-refractivity contribution is 7.98. The Morgan fingerprint density at radius 3 is 2.52 bits per heavy atom. The molecule has 0 fully saturated rings. The molecule has 0 N–H and O–H groups in total. The summed E-state index contributed by atoms with van der Waals surface area (Å²) in [6.07, 6.45) is 1.66. The quantitative estimate of drug-likeness (QED) is 0.289. The number of sulfonamides is 1. The van der Waals surface area contributed by atoms with Crippen LogP contribution in [-0.2, 0) is 22.3 Å². The summed E-state index contributed by atoms with van der Waals surface area (Å²) in [7, 11) is -3.55. The Morgan fingerprint density at radius 1 is 1.06 bits per heavy atom. The second kappa shape index (κ2) is 9.75. The first-order valence-corrected chi connectivity index (χ1v) is 13.5. The standard InChI is InChI=1S/C25H29N3O3S2/c1-5-27(6-2)33(29,30)22-11-12-24-23(15-22)26-25(28(24)16-21-8-7-13-31-21)32-17-20-10-9-18(3)14-19(20)4/h7-15H,5-6,16-17H2,1-4H3. The fraction of sp³-hybridized carbons (Fsp3) is 0.320. The van der Waals surface area contributed by atoms with Crippen LogP contribution in [0.3, 0.4) is 0 Å². The molecule has 0 aliphatic carbocycles. The summed E-state index contributed by atoms with van der Waals surface area (Å²) in [5.74, 6) is 1.60. The Labute approximate surface area is 199 Å². The molecule has 4 rings (SSSR count). The molecule has 4 aromatic rings. The molecule has 6 nitrogen and oxygen atoms in total. The van der Waals surface area contributed by atoms with E-state index in [1.165, 1.54) is 21.0 Å². The Bertz CT molecular complexity index is 1360. The number of hydrogen-bond donors (Lipinski definition) is 0. The molecule has 0 saturated carbocycles. The van der Waals surface area contributed by atoms with Gasteiger partial charge in [-0.2, -0.15) is 4.31 Å². The minimum atomic E-state index is -3.55. The van der Waals surface area contributed by atoms with Crippen molar-refractivity contribution >= 4 is 32.8 Å². The van der Waals surface area contributed by atoms with E-state index in [9.17, 15) is 8.42 Å². The van der Waals surface area contributed by atoms with E-state index in [1.54, 1.807) is 30.2 Å². The molecule has 33 heavy (non-hydrogen) atoms. The normalized spacial score (nSPS) is 12.2. The molecule has 0 spiro atoms. The van der Waals surface area contributed by atoms with E-state index in [0.29, 0.717) is 25.2 Å². The lowest BCUT2D eigenvalue weighted by molar-refractivity contribution is 0.445. The van der Waals surface area contributed by atoms with Crippen molar-refractivity contribution in [3.8, 4) is 0 Å². The third-order valence-corrected chi connectivity index (χ3v) is 8.85. The molecule has 2 heterocycles. The van der Waals surface area contributed by atoms with Gasteiger partial charge in [0.2, 0.25) is 10.0 Å². The maximum absolute atomic E-state index is 13.0. The average Bonchev–Trinajstić information content (AvgIpc) is 3.42. The summed E-state index contributed by atoms with van der Waals surface area (Å²) in [4.78, 5) is 5.11. The van der Waals surface area contributed by atoms with E-state index in [2.05, 4.69) is 36.6 Å². The predicted molar refractivity (Wildman–Crippen MR) is 133 cm³/mol. The van der Waals surface area contributed by atoms with Crippen molar-refractivity contribution in [2.75, 3.05) is 13.1 Å². The maximum Gasteiger partial charge on any atom is 0.243 e. The number of hydrogen-bond acceptors (Lipinski definition) is 5. The van der Waals surface area contributed by atoms with Gasteiger partial charge in [-0.15, -0.1) is 0 Å². The second-order valence-corrected chi connectivity index (χ2v) is 10.9. The largest absolute Gasteiger partial charge is 0.467 e. The van der Waals surface area contributed by atoms with Gasteiger partial charge in [-0.05, 0) is 55.3 Å². The molecule has 2 aromatic carbocycles. The van der Waals surface area contributed by atoms with E-state index in [4.69, 9.17) is 9.40 Å². The lowest BCUT2D eigenvalue weighted by Crippen LogP contribution is -2.30. The Morgan fingerprint density at radius 2 is 1.85 bits per heavy atom. The number of aromatic nitrogens is 2. The van der Waals surface area contributed by atoms with Gasteiger partial charge < -0.3 is 8.98 Å². The molecule has 0 bridgehead atoms. The van der Waals surface area contributed by atoms with E-state index in [1.807, 2.05) is 32.0 Å². The van der Waals surface area contributed by atoms with Gasteiger partial charge >= 0.3 is 0 Å². The summed E-state index contributed by atoms with van der Waals surface area (Å²) >= 11 is 1.65. The van der Waals surface area contributed by atoms with Crippen LogP contribution in [0.25, 0.3) is 11.0 Å². The lowest BCUT2D eigenvalue weighted by atomic mass is 10.1. The number of imidazole rings is 1. The van der Waals surface area contributed by atoms with Crippen molar-refractivity contribution in [2.45, 2.75) is 50.0 Å². The molecule has 0 unspecified atom stereocenters. The number of rotatable bonds is 9. The zero-order valence-corrected chi connectivity index (χ0v) is 21.0. The fourth-order valence-corrected chi connectivity index (χ4v) is 6.50. The second-order valence-electron chi connectivity index (χ2n) is 8.02. The first kappa shape index (κ1) is 23.6. The number of aryl methyl sites for hydroxylation is 2. The minimum absolute atomic E-state index is 0.271. The molecule has 0 amide bonds. The number of fused-ring (bicyclic) bond motifs is 1. The van der Waals surface area contributed by atoms with Gasteiger partial charge in [-0.25, -0.2) is 13.4 Å². The molecule has 0 aliphatic heterocycles. The fourth-order valence-electron chi connectivity index (χ4n) is 3.93. The first-order valence-electron chi connectivity index (χ1n) is 11.0. The summed E-state index contributed by atoms with van der Waals surface area (Å²) in [6, 6.07) is 15.5. The molecule has 0 atom stereocenters. The number of thioether (sulfide) groups is 1. The van der Waals surface area contributed by atoms with Crippen LogP contribution in [0.1, 0.15) is 36.3 Å². The van der Waals surface area contributed by atoms with Gasteiger partial charge in [0.15, 0.2) is 5.16 Å². The highest BCUT2D eigenvalue weighted by Gasteiger charge is 2.23. The van der Waals surface area contributed by atoms with Crippen LogP contribution < -0.4 is 0 Å². The predicted octanol–water partition coefficient (Wildman–Crippen LogP) is 5.62. The van der Waals surface area contributed by atoms with Gasteiger partial charge in [0.25, 0.3) is 0 Å². The minimum Gasteiger partial charge on any atom is -0.467 e. The number of furan rings is 1. The van der Waals surface area contributed by atoms with Crippen LogP contribution in [0.2, 0.25) is 0 Å². The van der Waals surface area contributed by atoms with E-state index in [0.717, 1.165) is 22.2 Å². The zero-order chi connectivity index (χ0) is 23.6. The van der Waals surface area contributed by atoms with Crippen molar-refractivity contribution in [3.05, 3.63) is 77.2 Å². The average molecular weight is 484 g/mol. The number of nitrogens with zero attached hydrogens (tertiary/aromatic N) is 3. The topological polar surface area (TPSA) is 68.3 Å². The Kier molecular flexibility index (Phi) is 6.97. The van der Waals surface area contributed by atoms with Crippen LogP contribution in [0.15, 0.2) is 69.3 Å². The van der Waals surface area contributed by atoms with Crippen LogP contribution in [0, 0.1) is 13.8 Å². The summed E-state index contributed by atoms with van der Waals surface area (Å²) in [5, 5.41) is 0.832. The third kappa shape index (κ3) is 4.88. The van der Waals surface area contributed by atoms with Gasteiger partial charge in [0, 0.05) is 18.8 Å². The lowest BCUT2D eigenvalue weighted by Gasteiger charge is -2.18. The van der Waals surface area contributed by atoms with Crippen LogP contribution in [-0.4, -0.2) is 35.4 Å². The zero-order valence-electron chi connectivity index (χ0n) is 19.4. The van der Waals surface area contributed by atoms with Crippen LogP contribution in [0.5, 0.6) is 0 Å². The van der Waals surface area contributed by atoms with Crippen LogP contribution in [0.4, 0.5) is 0 Å².